The van der Waals surface area contributed by atoms with Crippen LogP contribution in [0.25, 0.3) is 0 Å². The fourth-order valence-electron chi connectivity index (χ4n) is 2.39. The molecule has 0 radical (unpaired) electrons. The Hall–Kier alpha value is -2.63. The fourth-order valence-corrected chi connectivity index (χ4v) is 2.39. The Morgan fingerprint density at radius 2 is 2.00 bits per heavy atom. The van der Waals surface area contributed by atoms with Gasteiger partial charge in [-0.3, -0.25) is 9.79 Å². The van der Waals surface area contributed by atoms with Gasteiger partial charge in [0, 0.05) is 18.3 Å². The van der Waals surface area contributed by atoms with Crippen LogP contribution in [0.1, 0.15) is 67.2 Å². The lowest BCUT2D eigenvalue weighted by Gasteiger charge is -2.09. The minimum atomic E-state index is -0.880. The van der Waals surface area contributed by atoms with Crippen LogP contribution < -0.4 is 11.1 Å². The molecular weight excluding hydrogens is 390 g/mol. The van der Waals surface area contributed by atoms with E-state index in [2.05, 4.69) is 46.3 Å². The van der Waals surface area contributed by atoms with Gasteiger partial charge in [-0.1, -0.05) is 77.5 Å². The number of carbonyl (C=O) groups excluding carboxylic acids is 2. The van der Waals surface area contributed by atoms with E-state index in [0.29, 0.717) is 24.5 Å². The van der Waals surface area contributed by atoms with Crippen molar-refractivity contribution in [3.63, 3.8) is 0 Å². The van der Waals surface area contributed by atoms with Gasteiger partial charge in [-0.25, -0.2) is 4.79 Å². The largest absolute Gasteiger partial charge is 0.426 e. The van der Waals surface area contributed by atoms with Crippen LogP contribution in [0.5, 0.6) is 0 Å². The minimum Gasteiger partial charge on any atom is -0.426 e. The summed E-state index contributed by atoms with van der Waals surface area (Å²) in [6.07, 6.45) is 19.2. The molecule has 1 rings (SSSR count). The van der Waals surface area contributed by atoms with Gasteiger partial charge >= 0.3 is 6.09 Å². The molecule has 1 unspecified atom stereocenters. The first-order chi connectivity index (χ1) is 14.9. The van der Waals surface area contributed by atoms with Crippen LogP contribution in [0, 0.1) is 11.8 Å². The van der Waals surface area contributed by atoms with Gasteiger partial charge in [0.1, 0.15) is 0 Å². The third kappa shape index (κ3) is 20.4. The van der Waals surface area contributed by atoms with Crippen LogP contribution in [0.15, 0.2) is 53.1 Å². The molecule has 1 aliphatic carbocycles. The summed E-state index contributed by atoms with van der Waals surface area (Å²) in [7, 11) is 0. The topological polar surface area (TPSA) is 93.8 Å². The van der Waals surface area contributed by atoms with E-state index in [-0.39, 0.29) is 12.6 Å². The summed E-state index contributed by atoms with van der Waals surface area (Å²) in [4.78, 5) is 26.1. The highest BCUT2D eigenvalue weighted by atomic mass is 16.6. The molecule has 2 amide bonds. The van der Waals surface area contributed by atoms with E-state index in [1.807, 2.05) is 46.8 Å². The predicted octanol–water partition coefficient (Wildman–Crippen LogP) is 5.72. The summed E-state index contributed by atoms with van der Waals surface area (Å²) in [6, 6.07) is 0. The van der Waals surface area contributed by atoms with E-state index in [4.69, 9.17) is 5.73 Å². The zero-order chi connectivity index (χ0) is 23.9. The number of nitrogens with one attached hydrogen (secondary N) is 1. The number of nitrogens with zero attached hydrogens (tertiary/aromatic N) is 1. The quantitative estimate of drug-likeness (QED) is 0.262. The number of carbonyl (C=O) groups is 2. The first-order valence-corrected chi connectivity index (χ1v) is 11.2. The number of allylic oxidation sites excluding steroid dienone is 7. The highest BCUT2D eigenvalue weighted by molar-refractivity contribution is 5.97. The summed E-state index contributed by atoms with van der Waals surface area (Å²) in [5.74, 6) is 1.10. The first-order valence-electron chi connectivity index (χ1n) is 11.2. The van der Waals surface area contributed by atoms with Gasteiger partial charge in [0.25, 0.3) is 0 Å². The van der Waals surface area contributed by atoms with E-state index in [1.165, 1.54) is 25.5 Å². The van der Waals surface area contributed by atoms with Crippen LogP contribution in [0.2, 0.25) is 0 Å². The lowest BCUT2D eigenvalue weighted by atomic mass is 9.96. The van der Waals surface area contributed by atoms with E-state index >= 15 is 0 Å². The molecule has 0 fully saturated rings. The minimum absolute atomic E-state index is 0.126. The number of ether oxygens (including phenoxy) is 1. The number of primary amides is 1. The average Bonchev–Trinajstić information content (AvgIpc) is 2.76. The number of rotatable bonds is 10. The van der Waals surface area contributed by atoms with Crippen molar-refractivity contribution in [2.45, 2.75) is 67.2 Å². The van der Waals surface area contributed by atoms with Crippen LogP contribution in [0.4, 0.5) is 4.79 Å². The molecular formula is C25H43N3O3. The molecule has 0 spiro atoms. The molecule has 0 heterocycles. The van der Waals surface area contributed by atoms with Gasteiger partial charge in [0.15, 0.2) is 6.73 Å². The molecule has 176 valence electrons. The Morgan fingerprint density at radius 3 is 2.52 bits per heavy atom. The standard InChI is InChI=1S/C14H23N3O3.C9H14.C2H6/c1-4-5-6-12(13(18)17-9-11(2)3)7-8-16-10-20-14(15)19;1-2-6-9-7-4-3-5-8-9;1-2/h4-5,7-8,11H,6,9-10H2,1-3H3,(H2,15,19)(H,17,18);3-5,7,9H,2,6,8H2,1H3;1-2H3/b5-4-,12-7+,16-8+;;. The lowest BCUT2D eigenvalue weighted by Crippen LogP contribution is -2.28. The van der Waals surface area contributed by atoms with Crippen molar-refractivity contribution in [3.05, 3.63) is 48.1 Å². The molecule has 6 heteroatoms. The van der Waals surface area contributed by atoms with Gasteiger partial charge in [0.2, 0.25) is 5.91 Å². The van der Waals surface area contributed by atoms with Gasteiger partial charge in [-0.15, -0.1) is 0 Å². The second-order valence-electron chi connectivity index (χ2n) is 7.09. The van der Waals surface area contributed by atoms with E-state index < -0.39 is 6.09 Å². The van der Waals surface area contributed by atoms with Crippen LogP contribution in [0.3, 0.4) is 0 Å². The van der Waals surface area contributed by atoms with Crippen molar-refractivity contribution in [1.29, 1.82) is 0 Å². The summed E-state index contributed by atoms with van der Waals surface area (Å²) in [5.41, 5.74) is 5.38. The maximum atomic E-state index is 11.9. The molecule has 0 bridgehead atoms. The van der Waals surface area contributed by atoms with Crippen LogP contribution in [-0.4, -0.2) is 31.5 Å². The van der Waals surface area contributed by atoms with Crippen molar-refractivity contribution in [2.24, 2.45) is 22.6 Å². The number of nitrogens with two attached hydrogens (primary N) is 1. The molecule has 3 N–H and O–H groups in total. The predicted molar refractivity (Wildman–Crippen MR) is 132 cm³/mol. The van der Waals surface area contributed by atoms with Crippen molar-refractivity contribution in [3.8, 4) is 0 Å². The summed E-state index contributed by atoms with van der Waals surface area (Å²) in [5, 5.41) is 2.84. The highest BCUT2D eigenvalue weighted by Crippen LogP contribution is 2.16. The second-order valence-corrected chi connectivity index (χ2v) is 7.09. The van der Waals surface area contributed by atoms with Crippen LogP contribution >= 0.6 is 0 Å². The fraction of sp³-hybridized carbons (Fsp3) is 0.560. The molecule has 1 atom stereocenters. The summed E-state index contributed by atoms with van der Waals surface area (Å²) in [6.45, 7) is 12.6. The molecule has 0 saturated heterocycles. The van der Waals surface area contributed by atoms with Crippen molar-refractivity contribution >= 4 is 18.2 Å². The van der Waals surface area contributed by atoms with Gasteiger partial charge in [-0.05, 0) is 44.1 Å². The molecule has 0 aliphatic heterocycles. The number of aliphatic imine (C=N–C) groups is 1. The zero-order valence-electron chi connectivity index (χ0n) is 20.3. The zero-order valence-corrected chi connectivity index (χ0v) is 20.3. The molecule has 0 aromatic carbocycles. The molecule has 0 saturated carbocycles. The Morgan fingerprint density at radius 1 is 1.29 bits per heavy atom. The molecule has 6 nitrogen and oxygen atoms in total. The van der Waals surface area contributed by atoms with E-state index in [0.717, 1.165) is 5.92 Å². The Labute approximate surface area is 189 Å². The Kier molecular flexibility index (Phi) is 21.8. The number of hydrogen-bond acceptors (Lipinski definition) is 4. The maximum Gasteiger partial charge on any atom is 0.406 e. The van der Waals surface area contributed by atoms with E-state index in [9.17, 15) is 9.59 Å². The highest BCUT2D eigenvalue weighted by Gasteiger charge is 2.07. The number of amides is 2. The maximum absolute atomic E-state index is 11.9. The van der Waals surface area contributed by atoms with E-state index in [1.54, 1.807) is 6.08 Å². The summed E-state index contributed by atoms with van der Waals surface area (Å²) >= 11 is 0. The first kappa shape index (κ1) is 30.6. The van der Waals surface area contributed by atoms with Crippen molar-refractivity contribution in [2.75, 3.05) is 13.3 Å². The molecule has 31 heavy (non-hydrogen) atoms. The Bertz CT molecular complexity index is 618. The lowest BCUT2D eigenvalue weighted by molar-refractivity contribution is -0.117. The molecule has 0 aromatic rings. The smallest absolute Gasteiger partial charge is 0.406 e. The number of hydrogen-bond donors (Lipinski definition) is 2. The summed E-state index contributed by atoms with van der Waals surface area (Å²) < 4.78 is 4.44. The Balaban J connectivity index is 0. The molecule has 0 aromatic heterocycles. The van der Waals surface area contributed by atoms with Crippen LogP contribution in [-0.2, 0) is 9.53 Å². The SMILES string of the molecule is C/C=C\C/C(=C\C=N\COC(N)=O)C(=O)NCC(C)C.CC.CCCC1C=CC=CC1. The van der Waals surface area contributed by atoms with Crippen molar-refractivity contribution < 1.29 is 14.3 Å². The second kappa shape index (κ2) is 22.1. The van der Waals surface area contributed by atoms with Gasteiger partial charge in [-0.2, -0.15) is 0 Å². The average molecular weight is 434 g/mol. The van der Waals surface area contributed by atoms with Gasteiger partial charge < -0.3 is 15.8 Å². The van der Waals surface area contributed by atoms with Crippen molar-refractivity contribution in [1.82, 2.24) is 5.32 Å². The third-order valence-corrected chi connectivity index (χ3v) is 3.93. The normalized spacial score (nSPS) is 15.3. The molecule has 1 aliphatic rings. The monoisotopic (exact) mass is 433 g/mol. The third-order valence-electron chi connectivity index (χ3n) is 3.93. The van der Waals surface area contributed by atoms with Gasteiger partial charge in [0.05, 0.1) is 0 Å².